The monoisotopic (exact) mass is 474 g/mol. The molecule has 4 heterocycles. The van der Waals surface area contributed by atoms with Crippen molar-refractivity contribution >= 4 is 50.9 Å². The molecule has 2 aliphatic heterocycles. The number of carboxylic acid groups (broad SMARTS) is 1. The molecule has 2 aliphatic rings. The molecule has 10 heteroatoms. The van der Waals surface area contributed by atoms with Gasteiger partial charge in [-0.25, -0.2) is 4.98 Å². The van der Waals surface area contributed by atoms with Crippen molar-refractivity contribution in [2.24, 2.45) is 5.92 Å². The van der Waals surface area contributed by atoms with E-state index >= 15 is 0 Å². The van der Waals surface area contributed by atoms with Gasteiger partial charge in [0.05, 0.1) is 16.3 Å². The molecule has 0 radical (unpaired) electrons. The fraction of sp³-hybridized carbons (Fsp3) is 0.409. The van der Waals surface area contributed by atoms with Crippen LogP contribution in [0.25, 0.3) is 10.2 Å². The average Bonchev–Trinajstić information content (AvgIpc) is 3.37. The van der Waals surface area contributed by atoms with Crippen molar-refractivity contribution in [3.8, 4) is 11.5 Å². The van der Waals surface area contributed by atoms with Crippen LogP contribution in [0.2, 0.25) is 5.02 Å². The van der Waals surface area contributed by atoms with E-state index in [0.717, 1.165) is 38.6 Å². The number of thiophene rings is 1. The lowest BCUT2D eigenvalue weighted by Gasteiger charge is -2.30. The molecule has 1 aromatic carbocycles. The van der Waals surface area contributed by atoms with Crippen LogP contribution in [0.3, 0.4) is 0 Å². The van der Waals surface area contributed by atoms with Crippen molar-refractivity contribution in [3.63, 3.8) is 0 Å². The molecule has 0 bridgehead atoms. The highest BCUT2D eigenvalue weighted by Gasteiger charge is 2.27. The minimum absolute atomic E-state index is 0.262. The lowest BCUT2D eigenvalue weighted by Crippen LogP contribution is -2.37. The van der Waals surface area contributed by atoms with Gasteiger partial charge in [0.15, 0.2) is 11.5 Å². The number of anilines is 2. The van der Waals surface area contributed by atoms with Crippen molar-refractivity contribution in [1.82, 2.24) is 9.97 Å². The molecule has 168 valence electrons. The molecular formula is C22H23ClN4O4S. The Balaban J connectivity index is 1.36. The molecule has 8 nitrogen and oxygen atoms in total. The standard InChI is InChI=1S/C22H23ClN4O4S/c1-12-18(23)17-19(24-7-4-13-2-3-15-16(10-13)31-11-30-15)25-22(26-20(17)32-12)27-8-5-14(6-9-27)21(28)29/h2-3,10,14H,4-9,11H2,1H3,(H,28,29)(H,24,25,26). The van der Waals surface area contributed by atoms with Gasteiger partial charge in [0.1, 0.15) is 10.6 Å². The van der Waals surface area contributed by atoms with Crippen LogP contribution in [0, 0.1) is 12.8 Å². The van der Waals surface area contributed by atoms with Crippen LogP contribution in [0.1, 0.15) is 23.3 Å². The first kappa shape index (κ1) is 21.1. The quantitative estimate of drug-likeness (QED) is 0.544. The molecule has 0 saturated carbocycles. The third-order valence-electron chi connectivity index (χ3n) is 5.91. The maximum Gasteiger partial charge on any atom is 0.306 e. The van der Waals surface area contributed by atoms with Gasteiger partial charge in [-0.1, -0.05) is 17.7 Å². The molecular weight excluding hydrogens is 452 g/mol. The number of aliphatic carboxylic acids is 1. The molecule has 0 spiro atoms. The van der Waals surface area contributed by atoms with Gasteiger partial charge in [0, 0.05) is 24.5 Å². The summed E-state index contributed by atoms with van der Waals surface area (Å²) in [4.78, 5) is 24.7. The Labute approximate surface area is 194 Å². The number of carbonyl (C=O) groups is 1. The molecule has 2 aromatic heterocycles. The third kappa shape index (κ3) is 4.02. The fourth-order valence-corrected chi connectivity index (χ4v) is 5.34. The van der Waals surface area contributed by atoms with E-state index in [1.807, 2.05) is 25.1 Å². The number of nitrogens with one attached hydrogen (secondary N) is 1. The minimum atomic E-state index is -0.729. The van der Waals surface area contributed by atoms with E-state index in [9.17, 15) is 9.90 Å². The summed E-state index contributed by atoms with van der Waals surface area (Å²) >= 11 is 8.13. The van der Waals surface area contributed by atoms with Crippen LogP contribution in [-0.4, -0.2) is 47.5 Å². The summed E-state index contributed by atoms with van der Waals surface area (Å²) in [6.07, 6.45) is 1.96. The van der Waals surface area contributed by atoms with Crippen LogP contribution in [0.15, 0.2) is 18.2 Å². The number of hydrogen-bond acceptors (Lipinski definition) is 8. The fourth-order valence-electron chi connectivity index (χ4n) is 4.08. The summed E-state index contributed by atoms with van der Waals surface area (Å²) in [6.45, 7) is 4.15. The molecule has 0 amide bonds. The number of ether oxygens (including phenoxy) is 2. The number of halogens is 1. The number of piperidine rings is 1. The SMILES string of the molecule is Cc1sc2nc(N3CCC(C(=O)O)CC3)nc(NCCc3ccc4c(c3)OCO4)c2c1Cl. The smallest absolute Gasteiger partial charge is 0.306 e. The Morgan fingerprint density at radius 1 is 1.28 bits per heavy atom. The van der Waals surface area contributed by atoms with Gasteiger partial charge in [-0.05, 0) is 43.9 Å². The number of nitrogens with zero attached hydrogens (tertiary/aromatic N) is 3. The van der Waals surface area contributed by atoms with Crippen molar-refractivity contribution < 1.29 is 19.4 Å². The molecule has 1 fully saturated rings. The van der Waals surface area contributed by atoms with E-state index < -0.39 is 5.97 Å². The summed E-state index contributed by atoms with van der Waals surface area (Å²) < 4.78 is 10.8. The number of fused-ring (bicyclic) bond motifs is 2. The average molecular weight is 475 g/mol. The molecule has 32 heavy (non-hydrogen) atoms. The van der Waals surface area contributed by atoms with Crippen LogP contribution < -0.4 is 19.7 Å². The van der Waals surface area contributed by atoms with E-state index in [2.05, 4.69) is 10.2 Å². The van der Waals surface area contributed by atoms with Gasteiger partial charge in [-0.3, -0.25) is 4.79 Å². The number of hydrogen-bond donors (Lipinski definition) is 2. The predicted molar refractivity (Wildman–Crippen MR) is 124 cm³/mol. The summed E-state index contributed by atoms with van der Waals surface area (Å²) in [6, 6.07) is 5.96. The minimum Gasteiger partial charge on any atom is -0.481 e. The Morgan fingerprint density at radius 2 is 2.06 bits per heavy atom. The molecule has 0 aliphatic carbocycles. The van der Waals surface area contributed by atoms with E-state index in [0.29, 0.717) is 49.3 Å². The van der Waals surface area contributed by atoms with Crippen LogP contribution in [-0.2, 0) is 11.2 Å². The first-order chi connectivity index (χ1) is 15.5. The van der Waals surface area contributed by atoms with E-state index in [-0.39, 0.29) is 12.7 Å². The van der Waals surface area contributed by atoms with Gasteiger partial charge >= 0.3 is 5.97 Å². The van der Waals surface area contributed by atoms with Crippen LogP contribution in [0.4, 0.5) is 11.8 Å². The van der Waals surface area contributed by atoms with Gasteiger partial charge < -0.3 is 24.8 Å². The summed E-state index contributed by atoms with van der Waals surface area (Å²) in [7, 11) is 0. The number of benzene rings is 1. The van der Waals surface area contributed by atoms with Gasteiger partial charge in [0.25, 0.3) is 0 Å². The highest BCUT2D eigenvalue weighted by molar-refractivity contribution is 7.19. The lowest BCUT2D eigenvalue weighted by molar-refractivity contribution is -0.142. The maximum atomic E-state index is 11.3. The first-order valence-corrected chi connectivity index (χ1v) is 11.8. The number of aryl methyl sites for hydroxylation is 1. The molecule has 3 aromatic rings. The van der Waals surface area contributed by atoms with Gasteiger partial charge in [0.2, 0.25) is 12.7 Å². The summed E-state index contributed by atoms with van der Waals surface area (Å²) in [5.41, 5.74) is 1.13. The second-order valence-corrected chi connectivity index (χ2v) is 9.57. The zero-order valence-electron chi connectivity index (χ0n) is 17.6. The largest absolute Gasteiger partial charge is 0.481 e. The molecule has 2 N–H and O–H groups in total. The second-order valence-electron chi connectivity index (χ2n) is 7.99. The van der Waals surface area contributed by atoms with Gasteiger partial charge in [-0.15, -0.1) is 11.3 Å². The summed E-state index contributed by atoms with van der Waals surface area (Å²) in [5, 5.41) is 14.2. The summed E-state index contributed by atoms with van der Waals surface area (Å²) in [5.74, 6) is 1.84. The zero-order valence-corrected chi connectivity index (χ0v) is 19.1. The molecule has 0 atom stereocenters. The topological polar surface area (TPSA) is 96.8 Å². The molecule has 5 rings (SSSR count). The Bertz CT molecular complexity index is 1180. The van der Waals surface area contributed by atoms with E-state index in [1.165, 1.54) is 0 Å². The van der Waals surface area contributed by atoms with Crippen LogP contribution >= 0.6 is 22.9 Å². The van der Waals surface area contributed by atoms with E-state index in [1.54, 1.807) is 11.3 Å². The first-order valence-electron chi connectivity index (χ1n) is 10.6. The van der Waals surface area contributed by atoms with Gasteiger partial charge in [-0.2, -0.15) is 4.98 Å². The van der Waals surface area contributed by atoms with Crippen molar-refractivity contribution in [2.75, 3.05) is 36.6 Å². The molecule has 1 saturated heterocycles. The predicted octanol–water partition coefficient (Wildman–Crippen LogP) is 4.34. The number of aromatic nitrogens is 2. The highest BCUT2D eigenvalue weighted by Crippen LogP contribution is 2.39. The van der Waals surface area contributed by atoms with Crippen molar-refractivity contribution in [2.45, 2.75) is 26.2 Å². The number of carboxylic acids is 1. The van der Waals surface area contributed by atoms with Crippen molar-refractivity contribution in [1.29, 1.82) is 0 Å². The second kappa shape index (κ2) is 8.63. The van der Waals surface area contributed by atoms with Crippen LogP contribution in [0.5, 0.6) is 11.5 Å². The Hall–Kier alpha value is -2.78. The molecule has 0 unspecified atom stereocenters. The normalized spacial score (nSPS) is 16.0. The maximum absolute atomic E-state index is 11.3. The highest BCUT2D eigenvalue weighted by atomic mass is 35.5. The Morgan fingerprint density at radius 3 is 2.84 bits per heavy atom. The van der Waals surface area contributed by atoms with Crippen molar-refractivity contribution in [3.05, 3.63) is 33.7 Å². The number of rotatable bonds is 6. The third-order valence-corrected chi connectivity index (χ3v) is 7.50. The lowest BCUT2D eigenvalue weighted by atomic mass is 9.97. The zero-order chi connectivity index (χ0) is 22.2. The Kier molecular flexibility index (Phi) is 5.69. The van der Waals surface area contributed by atoms with E-state index in [4.69, 9.17) is 31.0 Å².